The Balaban J connectivity index is 1.73. The quantitative estimate of drug-likeness (QED) is 0.490. The van der Waals surface area contributed by atoms with E-state index in [1.54, 1.807) is 12.1 Å². The molecule has 0 spiro atoms. The van der Waals surface area contributed by atoms with Crippen molar-refractivity contribution in [3.63, 3.8) is 0 Å². The largest absolute Gasteiger partial charge is 0.383 e. The molecule has 2 heterocycles. The minimum atomic E-state index is -0.689. The molecule has 0 radical (unpaired) electrons. The van der Waals surface area contributed by atoms with Crippen LogP contribution < -0.4 is 11.1 Å². The summed E-state index contributed by atoms with van der Waals surface area (Å²) in [6.45, 7) is 0. The van der Waals surface area contributed by atoms with E-state index in [1.165, 1.54) is 12.1 Å². The Hall–Kier alpha value is -3.62. The van der Waals surface area contributed by atoms with Gasteiger partial charge in [-0.15, -0.1) is 5.10 Å². The highest BCUT2D eigenvalue weighted by atomic mass is 19.1. The van der Waals surface area contributed by atoms with Crippen LogP contribution in [0.4, 0.5) is 24.9 Å². The summed E-state index contributed by atoms with van der Waals surface area (Å²) in [6.07, 6.45) is 4.25. The minimum absolute atomic E-state index is 0.0335. The monoisotopic (exact) mass is 424 g/mol. The molecule has 158 valence electrons. The third-order valence-electron chi connectivity index (χ3n) is 5.49. The summed E-state index contributed by atoms with van der Waals surface area (Å²) in [5, 5.41) is 7.97. The van der Waals surface area contributed by atoms with Crippen LogP contribution in [0.1, 0.15) is 25.7 Å². The maximum atomic E-state index is 14.4. The smallest absolute Gasteiger partial charge is 0.225 e. The molecule has 0 bridgehead atoms. The van der Waals surface area contributed by atoms with Gasteiger partial charge in [-0.3, -0.25) is 0 Å². The summed E-state index contributed by atoms with van der Waals surface area (Å²) in [7, 11) is 0. The van der Waals surface area contributed by atoms with Crippen LogP contribution in [-0.2, 0) is 0 Å². The summed E-state index contributed by atoms with van der Waals surface area (Å²) in [5.74, 6) is -1.38. The Labute approximate surface area is 175 Å². The van der Waals surface area contributed by atoms with Crippen molar-refractivity contribution in [2.75, 3.05) is 11.1 Å². The number of fused-ring (bicyclic) bond motifs is 1. The van der Waals surface area contributed by atoms with Crippen LogP contribution in [0.5, 0.6) is 0 Å². The number of anilines is 2. The lowest BCUT2D eigenvalue weighted by molar-refractivity contribution is 0.588. The van der Waals surface area contributed by atoms with Crippen LogP contribution in [0.3, 0.4) is 0 Å². The number of nitrogens with one attached hydrogen (secondary N) is 1. The standard InChI is InChI=1S/C22H19F3N6/c23-13-5-3-4-12(10-13)19-18-20(26)31(17-11-14(24)8-9-16(17)25)30-21(18)29-22(28-19)27-15-6-1-2-7-15/h3-5,8-11,15H,1-2,6-7,26H2,(H,27,29,30). The molecule has 1 aliphatic rings. The lowest BCUT2D eigenvalue weighted by Gasteiger charge is -2.13. The zero-order chi connectivity index (χ0) is 21.5. The lowest BCUT2D eigenvalue weighted by atomic mass is 10.1. The highest BCUT2D eigenvalue weighted by molar-refractivity contribution is 5.99. The molecule has 9 heteroatoms. The van der Waals surface area contributed by atoms with Crippen LogP contribution >= 0.6 is 0 Å². The van der Waals surface area contributed by atoms with E-state index in [9.17, 15) is 13.2 Å². The molecule has 1 aliphatic carbocycles. The average Bonchev–Trinajstić information content (AvgIpc) is 3.37. The Morgan fingerprint density at radius 3 is 2.52 bits per heavy atom. The zero-order valence-corrected chi connectivity index (χ0v) is 16.4. The van der Waals surface area contributed by atoms with Crippen molar-refractivity contribution in [2.45, 2.75) is 31.7 Å². The molecule has 3 N–H and O–H groups in total. The van der Waals surface area contributed by atoms with E-state index in [0.29, 0.717) is 22.6 Å². The SMILES string of the molecule is Nc1c2c(-c3cccc(F)c3)nc(NC3CCCC3)nc2nn1-c1cc(F)ccc1F. The molecule has 0 unspecified atom stereocenters. The average molecular weight is 424 g/mol. The summed E-state index contributed by atoms with van der Waals surface area (Å²) in [4.78, 5) is 9.06. The van der Waals surface area contributed by atoms with Crippen LogP contribution in [-0.4, -0.2) is 25.8 Å². The number of benzene rings is 2. The van der Waals surface area contributed by atoms with Gasteiger partial charge in [0, 0.05) is 17.7 Å². The third kappa shape index (κ3) is 3.56. The summed E-state index contributed by atoms with van der Waals surface area (Å²) in [6, 6.07) is 9.18. The van der Waals surface area contributed by atoms with Crippen molar-refractivity contribution < 1.29 is 13.2 Å². The van der Waals surface area contributed by atoms with Gasteiger partial charge in [-0.1, -0.05) is 25.0 Å². The normalized spacial score (nSPS) is 14.4. The number of rotatable bonds is 4. The highest BCUT2D eigenvalue weighted by Crippen LogP contribution is 2.34. The first kappa shape index (κ1) is 19.3. The first-order chi connectivity index (χ1) is 15.0. The maximum Gasteiger partial charge on any atom is 0.225 e. The number of nitrogen functional groups attached to an aromatic ring is 1. The molecule has 6 nitrogen and oxygen atoms in total. The Morgan fingerprint density at radius 2 is 1.74 bits per heavy atom. The van der Waals surface area contributed by atoms with E-state index in [0.717, 1.165) is 48.6 Å². The first-order valence-electron chi connectivity index (χ1n) is 10.0. The Morgan fingerprint density at radius 1 is 0.968 bits per heavy atom. The molecule has 4 aromatic rings. The van der Waals surface area contributed by atoms with E-state index in [4.69, 9.17) is 5.73 Å². The molecule has 31 heavy (non-hydrogen) atoms. The van der Waals surface area contributed by atoms with Crippen molar-refractivity contribution in [3.05, 3.63) is 59.9 Å². The van der Waals surface area contributed by atoms with Crippen molar-refractivity contribution >= 4 is 22.8 Å². The van der Waals surface area contributed by atoms with Gasteiger partial charge in [0.25, 0.3) is 0 Å². The van der Waals surface area contributed by atoms with Crippen molar-refractivity contribution in [3.8, 4) is 16.9 Å². The van der Waals surface area contributed by atoms with E-state index in [1.807, 2.05) is 0 Å². The van der Waals surface area contributed by atoms with Gasteiger partial charge in [0.1, 0.15) is 29.0 Å². The van der Waals surface area contributed by atoms with Gasteiger partial charge >= 0.3 is 0 Å². The predicted molar refractivity (Wildman–Crippen MR) is 112 cm³/mol. The second-order valence-corrected chi connectivity index (χ2v) is 7.62. The maximum absolute atomic E-state index is 14.4. The van der Waals surface area contributed by atoms with Crippen molar-refractivity contribution in [1.29, 1.82) is 0 Å². The van der Waals surface area contributed by atoms with Gasteiger partial charge in [-0.2, -0.15) is 4.98 Å². The fourth-order valence-electron chi connectivity index (χ4n) is 4.01. The van der Waals surface area contributed by atoms with Crippen LogP contribution in [0, 0.1) is 17.5 Å². The van der Waals surface area contributed by atoms with Gasteiger partial charge in [0.15, 0.2) is 5.65 Å². The van der Waals surface area contributed by atoms with Crippen molar-refractivity contribution in [1.82, 2.24) is 19.7 Å². The van der Waals surface area contributed by atoms with Crippen molar-refractivity contribution in [2.24, 2.45) is 0 Å². The van der Waals surface area contributed by atoms with Gasteiger partial charge in [0.05, 0.1) is 11.1 Å². The number of hydrogen-bond donors (Lipinski definition) is 2. The number of nitrogens with zero attached hydrogens (tertiary/aromatic N) is 4. The van der Waals surface area contributed by atoms with E-state index in [-0.39, 0.29) is 23.2 Å². The Kier molecular flexibility index (Phi) is 4.72. The summed E-state index contributed by atoms with van der Waals surface area (Å²) < 4.78 is 43.2. The van der Waals surface area contributed by atoms with Gasteiger partial charge < -0.3 is 11.1 Å². The molecule has 0 aliphatic heterocycles. The second-order valence-electron chi connectivity index (χ2n) is 7.62. The lowest BCUT2D eigenvalue weighted by Crippen LogP contribution is -2.17. The van der Waals surface area contributed by atoms with E-state index in [2.05, 4.69) is 20.4 Å². The van der Waals surface area contributed by atoms with Gasteiger partial charge in [0.2, 0.25) is 5.95 Å². The molecule has 5 rings (SSSR count). The Bertz CT molecular complexity index is 1280. The molecule has 0 saturated heterocycles. The summed E-state index contributed by atoms with van der Waals surface area (Å²) in [5.41, 5.74) is 7.20. The molecule has 1 saturated carbocycles. The minimum Gasteiger partial charge on any atom is -0.383 e. The van der Waals surface area contributed by atoms with Crippen LogP contribution in [0.2, 0.25) is 0 Å². The number of hydrogen-bond acceptors (Lipinski definition) is 5. The number of aromatic nitrogens is 4. The van der Waals surface area contributed by atoms with Gasteiger partial charge in [-0.25, -0.2) is 22.8 Å². The molecule has 0 amide bonds. The first-order valence-corrected chi connectivity index (χ1v) is 10.0. The second kappa shape index (κ2) is 7.57. The fraction of sp³-hybridized carbons (Fsp3) is 0.227. The molecular weight excluding hydrogens is 405 g/mol. The predicted octanol–water partition coefficient (Wildman–Crippen LogP) is 4.84. The molecule has 1 fully saturated rings. The zero-order valence-electron chi connectivity index (χ0n) is 16.4. The van der Waals surface area contributed by atoms with E-state index >= 15 is 0 Å². The summed E-state index contributed by atoms with van der Waals surface area (Å²) >= 11 is 0. The number of nitrogens with two attached hydrogens (primary N) is 1. The highest BCUT2D eigenvalue weighted by Gasteiger charge is 2.23. The topological polar surface area (TPSA) is 81.7 Å². The molecule has 2 aromatic heterocycles. The molecule has 0 atom stereocenters. The van der Waals surface area contributed by atoms with Crippen LogP contribution in [0.25, 0.3) is 28.0 Å². The molecular formula is C22H19F3N6. The van der Waals surface area contributed by atoms with Gasteiger partial charge in [-0.05, 0) is 37.1 Å². The third-order valence-corrected chi connectivity index (χ3v) is 5.49. The number of halogens is 3. The van der Waals surface area contributed by atoms with E-state index < -0.39 is 17.5 Å². The van der Waals surface area contributed by atoms with Crippen LogP contribution in [0.15, 0.2) is 42.5 Å². The molecule has 2 aromatic carbocycles. The fourth-order valence-corrected chi connectivity index (χ4v) is 4.01.